The number of pyridine rings is 1. The van der Waals surface area contributed by atoms with Crippen LogP contribution < -0.4 is 4.90 Å². The van der Waals surface area contributed by atoms with Crippen LogP contribution in [0, 0.1) is 5.92 Å². The van der Waals surface area contributed by atoms with E-state index in [1.165, 1.54) is 19.3 Å². The number of aromatic nitrogens is 3. The molecule has 2 heterocycles. The maximum atomic E-state index is 4.70. The van der Waals surface area contributed by atoms with Gasteiger partial charge in [-0.1, -0.05) is 25.8 Å². The molecule has 21 heavy (non-hydrogen) atoms. The van der Waals surface area contributed by atoms with Crippen LogP contribution in [0.5, 0.6) is 0 Å². The van der Waals surface area contributed by atoms with Crippen molar-refractivity contribution in [3.05, 3.63) is 36.2 Å². The maximum Gasteiger partial charge on any atom is 0.180 e. The van der Waals surface area contributed by atoms with Gasteiger partial charge in [0.2, 0.25) is 0 Å². The van der Waals surface area contributed by atoms with Gasteiger partial charge in [0.1, 0.15) is 11.5 Å². The second kappa shape index (κ2) is 6.20. The van der Waals surface area contributed by atoms with Crippen LogP contribution >= 0.6 is 0 Å². The van der Waals surface area contributed by atoms with Gasteiger partial charge in [-0.25, -0.2) is 9.97 Å². The summed E-state index contributed by atoms with van der Waals surface area (Å²) in [6.07, 6.45) is 6.76. The lowest BCUT2D eigenvalue weighted by atomic mass is 10.2. The van der Waals surface area contributed by atoms with Crippen LogP contribution in [0.2, 0.25) is 0 Å². The first-order valence-electron chi connectivity index (χ1n) is 7.76. The molecule has 0 aliphatic heterocycles. The fraction of sp³-hybridized carbons (Fsp3) is 0.471. The molecule has 0 N–H and O–H groups in total. The van der Waals surface area contributed by atoms with Crippen molar-refractivity contribution in [2.75, 3.05) is 18.5 Å². The van der Waals surface area contributed by atoms with Crippen LogP contribution in [0.1, 0.15) is 31.9 Å². The highest BCUT2D eigenvalue weighted by Gasteiger charge is 2.21. The molecule has 0 amide bonds. The monoisotopic (exact) mass is 282 g/mol. The molecule has 1 aliphatic rings. The molecule has 2 aromatic rings. The Labute approximate surface area is 126 Å². The Balaban J connectivity index is 1.85. The minimum atomic E-state index is 0.725. The summed E-state index contributed by atoms with van der Waals surface area (Å²) in [7, 11) is 2.12. The zero-order valence-electron chi connectivity index (χ0n) is 12.8. The number of rotatable bonds is 6. The van der Waals surface area contributed by atoms with Crippen LogP contribution in [0.4, 0.5) is 5.82 Å². The Morgan fingerprint density at radius 2 is 2.10 bits per heavy atom. The lowest BCUT2D eigenvalue weighted by Crippen LogP contribution is -2.21. The normalized spacial score (nSPS) is 14.2. The molecule has 0 bridgehead atoms. The van der Waals surface area contributed by atoms with Crippen LogP contribution in [0.3, 0.4) is 0 Å². The lowest BCUT2D eigenvalue weighted by molar-refractivity contribution is 0.705. The highest BCUT2D eigenvalue weighted by Crippen LogP contribution is 2.32. The molecule has 110 valence electrons. The van der Waals surface area contributed by atoms with E-state index in [1.807, 2.05) is 18.2 Å². The van der Waals surface area contributed by atoms with Gasteiger partial charge < -0.3 is 4.90 Å². The van der Waals surface area contributed by atoms with Crippen LogP contribution in [0.25, 0.3) is 11.5 Å². The van der Waals surface area contributed by atoms with Crippen molar-refractivity contribution in [2.45, 2.75) is 32.6 Å². The van der Waals surface area contributed by atoms with E-state index in [4.69, 9.17) is 4.98 Å². The van der Waals surface area contributed by atoms with Crippen molar-refractivity contribution >= 4 is 5.82 Å². The van der Waals surface area contributed by atoms with Gasteiger partial charge in [0.15, 0.2) is 5.82 Å². The Kier molecular flexibility index (Phi) is 4.13. The molecular weight excluding hydrogens is 260 g/mol. The van der Waals surface area contributed by atoms with Crippen molar-refractivity contribution in [1.29, 1.82) is 0 Å². The predicted molar refractivity (Wildman–Crippen MR) is 85.3 cm³/mol. The summed E-state index contributed by atoms with van der Waals surface area (Å²) in [5.41, 5.74) is 1.91. The van der Waals surface area contributed by atoms with E-state index in [1.54, 1.807) is 6.20 Å². The van der Waals surface area contributed by atoms with E-state index >= 15 is 0 Å². The third-order valence-corrected chi connectivity index (χ3v) is 3.98. The van der Waals surface area contributed by atoms with Gasteiger partial charge in [0, 0.05) is 31.5 Å². The molecule has 0 atom stereocenters. The summed E-state index contributed by atoms with van der Waals surface area (Å²) in [5, 5.41) is 0. The smallest absolute Gasteiger partial charge is 0.180 e. The largest absolute Gasteiger partial charge is 0.360 e. The molecule has 0 radical (unpaired) electrons. The molecule has 0 unspecified atom stereocenters. The molecular formula is C17H22N4. The fourth-order valence-electron chi connectivity index (χ4n) is 2.37. The Hall–Kier alpha value is -1.97. The molecule has 0 aromatic carbocycles. The SMILES string of the molecule is CCc1cc(N(C)CCC2CC2)nc(-c2ccccn2)n1. The van der Waals surface area contributed by atoms with Crippen LogP contribution in [-0.2, 0) is 6.42 Å². The second-order valence-corrected chi connectivity index (χ2v) is 5.76. The summed E-state index contributed by atoms with van der Waals surface area (Å²) in [4.78, 5) is 15.9. The third kappa shape index (κ3) is 3.57. The summed E-state index contributed by atoms with van der Waals surface area (Å²) >= 11 is 0. The van der Waals surface area contributed by atoms with Gasteiger partial charge in [-0.15, -0.1) is 0 Å². The first kappa shape index (κ1) is 14.0. The molecule has 2 aromatic heterocycles. The average molecular weight is 282 g/mol. The van der Waals surface area contributed by atoms with Crippen molar-refractivity contribution < 1.29 is 0 Å². The van der Waals surface area contributed by atoms with E-state index in [-0.39, 0.29) is 0 Å². The maximum absolute atomic E-state index is 4.70. The molecule has 3 rings (SSSR count). The highest BCUT2D eigenvalue weighted by atomic mass is 15.2. The molecule has 0 saturated heterocycles. The number of hydrogen-bond acceptors (Lipinski definition) is 4. The van der Waals surface area contributed by atoms with Crippen LogP contribution in [-0.4, -0.2) is 28.5 Å². The molecule has 1 saturated carbocycles. The lowest BCUT2D eigenvalue weighted by Gasteiger charge is -2.19. The zero-order valence-corrected chi connectivity index (χ0v) is 12.8. The molecule has 0 spiro atoms. The first-order chi connectivity index (χ1) is 10.3. The van der Waals surface area contributed by atoms with Crippen molar-refractivity contribution in [2.24, 2.45) is 5.92 Å². The van der Waals surface area contributed by atoms with Crippen molar-refractivity contribution in [3.63, 3.8) is 0 Å². The standard InChI is InChI=1S/C17H22N4/c1-3-14-12-16(21(2)11-9-13-7-8-13)20-17(19-14)15-6-4-5-10-18-15/h4-6,10,12-13H,3,7-9,11H2,1-2H3. The number of anilines is 1. The topological polar surface area (TPSA) is 41.9 Å². The van der Waals surface area contributed by atoms with Gasteiger partial charge in [-0.05, 0) is 30.9 Å². The van der Waals surface area contributed by atoms with E-state index in [9.17, 15) is 0 Å². The van der Waals surface area contributed by atoms with Gasteiger partial charge in [-0.2, -0.15) is 0 Å². The van der Waals surface area contributed by atoms with Gasteiger partial charge in [0.05, 0.1) is 0 Å². The molecule has 4 nitrogen and oxygen atoms in total. The summed E-state index contributed by atoms with van der Waals surface area (Å²) in [5.74, 6) is 2.67. The van der Waals surface area contributed by atoms with E-state index in [0.717, 1.165) is 41.9 Å². The first-order valence-corrected chi connectivity index (χ1v) is 7.76. The van der Waals surface area contributed by atoms with Crippen molar-refractivity contribution in [3.8, 4) is 11.5 Å². The zero-order chi connectivity index (χ0) is 14.7. The Morgan fingerprint density at radius 1 is 1.24 bits per heavy atom. The van der Waals surface area contributed by atoms with Gasteiger partial charge >= 0.3 is 0 Å². The highest BCUT2D eigenvalue weighted by molar-refractivity contribution is 5.53. The Bertz CT molecular complexity index is 593. The van der Waals surface area contributed by atoms with E-state index < -0.39 is 0 Å². The molecule has 1 aliphatic carbocycles. The minimum Gasteiger partial charge on any atom is -0.360 e. The third-order valence-electron chi connectivity index (χ3n) is 3.98. The van der Waals surface area contributed by atoms with E-state index in [0.29, 0.717) is 0 Å². The number of nitrogens with zero attached hydrogens (tertiary/aromatic N) is 4. The predicted octanol–water partition coefficient (Wildman–Crippen LogP) is 3.34. The van der Waals surface area contributed by atoms with E-state index in [2.05, 4.69) is 34.9 Å². The number of hydrogen-bond donors (Lipinski definition) is 0. The second-order valence-electron chi connectivity index (χ2n) is 5.76. The van der Waals surface area contributed by atoms with Gasteiger partial charge in [-0.3, -0.25) is 4.98 Å². The summed E-state index contributed by atoms with van der Waals surface area (Å²) in [6.45, 7) is 3.19. The van der Waals surface area contributed by atoms with Crippen LogP contribution in [0.15, 0.2) is 30.5 Å². The fourth-order valence-corrected chi connectivity index (χ4v) is 2.37. The summed E-state index contributed by atoms with van der Waals surface area (Å²) in [6, 6.07) is 7.94. The van der Waals surface area contributed by atoms with Gasteiger partial charge in [0.25, 0.3) is 0 Å². The summed E-state index contributed by atoms with van der Waals surface area (Å²) < 4.78 is 0. The van der Waals surface area contributed by atoms with Crippen molar-refractivity contribution in [1.82, 2.24) is 15.0 Å². The quantitative estimate of drug-likeness (QED) is 0.815. The Morgan fingerprint density at radius 3 is 2.76 bits per heavy atom. The number of aryl methyl sites for hydroxylation is 1. The average Bonchev–Trinajstić information content (AvgIpc) is 3.37. The molecule has 4 heteroatoms. The minimum absolute atomic E-state index is 0.725. The molecule has 1 fully saturated rings.